The number of methoxy groups -OCH3 is 2. The van der Waals surface area contributed by atoms with Crippen molar-refractivity contribution >= 4 is 29.6 Å². The Hall–Kier alpha value is -3.81. The number of carbonyl (C=O) groups is 3. The summed E-state index contributed by atoms with van der Waals surface area (Å²) in [5, 5.41) is 12.1. The molecule has 2 rings (SSSR count). The first-order chi connectivity index (χ1) is 13.4. The van der Waals surface area contributed by atoms with Gasteiger partial charge in [0.25, 0.3) is 5.91 Å². The summed E-state index contributed by atoms with van der Waals surface area (Å²) < 4.78 is 14.4. The highest BCUT2D eigenvalue weighted by Crippen LogP contribution is 2.26. The van der Waals surface area contributed by atoms with Gasteiger partial charge in [0.1, 0.15) is 0 Å². The zero-order chi connectivity index (χ0) is 20.5. The van der Waals surface area contributed by atoms with Crippen LogP contribution in [0.15, 0.2) is 48.5 Å². The number of ether oxygens (including phenoxy) is 3. The molecule has 0 aliphatic carbocycles. The molecule has 0 heterocycles. The number of esters is 2. The molecule has 0 saturated carbocycles. The van der Waals surface area contributed by atoms with E-state index in [1.54, 1.807) is 12.1 Å². The lowest BCUT2D eigenvalue weighted by atomic mass is 10.2. The van der Waals surface area contributed by atoms with Crippen LogP contribution < -0.4 is 10.1 Å². The molecule has 28 heavy (non-hydrogen) atoms. The van der Waals surface area contributed by atoms with Crippen LogP contribution in [-0.4, -0.2) is 43.8 Å². The molecular formula is C20H19NO7. The third-order valence-electron chi connectivity index (χ3n) is 3.55. The number of anilines is 1. The minimum atomic E-state index is -0.705. The highest BCUT2D eigenvalue weighted by atomic mass is 16.5. The summed E-state index contributed by atoms with van der Waals surface area (Å²) >= 11 is 0. The van der Waals surface area contributed by atoms with E-state index in [1.807, 2.05) is 0 Å². The topological polar surface area (TPSA) is 111 Å². The van der Waals surface area contributed by atoms with E-state index in [9.17, 15) is 19.5 Å². The number of carbonyl (C=O) groups excluding carboxylic acids is 3. The van der Waals surface area contributed by atoms with E-state index in [-0.39, 0.29) is 11.5 Å². The number of aromatic hydroxyl groups is 1. The summed E-state index contributed by atoms with van der Waals surface area (Å²) in [4.78, 5) is 34.9. The van der Waals surface area contributed by atoms with Gasteiger partial charge in [-0.1, -0.05) is 6.07 Å². The summed E-state index contributed by atoms with van der Waals surface area (Å²) in [5.74, 6) is -1.46. The molecule has 0 bridgehead atoms. The van der Waals surface area contributed by atoms with E-state index in [0.29, 0.717) is 16.8 Å². The largest absolute Gasteiger partial charge is 0.504 e. The molecule has 8 nitrogen and oxygen atoms in total. The predicted molar refractivity (Wildman–Crippen MR) is 101 cm³/mol. The van der Waals surface area contributed by atoms with E-state index < -0.39 is 24.5 Å². The van der Waals surface area contributed by atoms with Crippen molar-refractivity contribution in [3.8, 4) is 11.5 Å². The van der Waals surface area contributed by atoms with Crippen molar-refractivity contribution in [3.05, 3.63) is 59.7 Å². The first-order valence-corrected chi connectivity index (χ1v) is 8.13. The summed E-state index contributed by atoms with van der Waals surface area (Å²) in [6.07, 6.45) is 2.62. The van der Waals surface area contributed by atoms with Crippen LogP contribution in [0.25, 0.3) is 6.08 Å². The first-order valence-electron chi connectivity index (χ1n) is 8.13. The van der Waals surface area contributed by atoms with Crippen molar-refractivity contribution in [1.82, 2.24) is 0 Å². The Labute approximate surface area is 161 Å². The fraction of sp³-hybridized carbons (Fsp3) is 0.150. The van der Waals surface area contributed by atoms with E-state index in [2.05, 4.69) is 10.1 Å². The number of nitrogens with one attached hydrogen (secondary N) is 1. The van der Waals surface area contributed by atoms with Crippen LogP contribution in [0, 0.1) is 0 Å². The molecule has 0 radical (unpaired) electrons. The molecule has 0 aliphatic heterocycles. The Kier molecular flexibility index (Phi) is 7.15. The van der Waals surface area contributed by atoms with E-state index in [1.165, 1.54) is 50.6 Å². The van der Waals surface area contributed by atoms with Gasteiger partial charge in [-0.05, 0) is 48.0 Å². The maximum absolute atomic E-state index is 11.8. The lowest BCUT2D eigenvalue weighted by Crippen LogP contribution is -2.20. The van der Waals surface area contributed by atoms with Crippen molar-refractivity contribution in [2.75, 3.05) is 26.1 Å². The fourth-order valence-corrected chi connectivity index (χ4v) is 2.15. The number of phenols is 1. The maximum Gasteiger partial charge on any atom is 0.337 e. The Morgan fingerprint density at radius 3 is 2.43 bits per heavy atom. The van der Waals surface area contributed by atoms with Crippen LogP contribution in [0.4, 0.5) is 5.69 Å². The molecule has 2 aromatic carbocycles. The van der Waals surface area contributed by atoms with E-state index in [4.69, 9.17) is 9.47 Å². The number of benzene rings is 2. The third kappa shape index (κ3) is 5.87. The van der Waals surface area contributed by atoms with E-state index >= 15 is 0 Å². The molecule has 0 aliphatic rings. The van der Waals surface area contributed by atoms with Crippen molar-refractivity contribution in [1.29, 1.82) is 0 Å². The van der Waals surface area contributed by atoms with Crippen LogP contribution in [0.5, 0.6) is 11.5 Å². The summed E-state index contributed by atoms with van der Waals surface area (Å²) in [5.41, 5.74) is 1.41. The van der Waals surface area contributed by atoms with Gasteiger partial charge in [0.15, 0.2) is 18.1 Å². The zero-order valence-electron chi connectivity index (χ0n) is 15.3. The predicted octanol–water partition coefficient (Wildman–Crippen LogP) is 2.38. The van der Waals surface area contributed by atoms with Gasteiger partial charge < -0.3 is 24.6 Å². The molecule has 2 aromatic rings. The Bertz CT molecular complexity index is 888. The Balaban J connectivity index is 1.83. The minimum Gasteiger partial charge on any atom is -0.504 e. The Morgan fingerprint density at radius 2 is 1.79 bits per heavy atom. The summed E-state index contributed by atoms with van der Waals surface area (Å²) in [6.45, 7) is -0.471. The average molecular weight is 385 g/mol. The second kappa shape index (κ2) is 9.77. The number of hydrogen-bond donors (Lipinski definition) is 2. The molecule has 0 aromatic heterocycles. The Morgan fingerprint density at radius 1 is 1.07 bits per heavy atom. The van der Waals surface area contributed by atoms with Gasteiger partial charge in [-0.2, -0.15) is 0 Å². The normalized spacial score (nSPS) is 10.4. The molecule has 146 valence electrons. The van der Waals surface area contributed by atoms with Gasteiger partial charge in [-0.15, -0.1) is 0 Å². The standard InChI is InChI=1S/C20H19NO7/c1-26-17-11-13(3-9-16(17)22)4-10-19(24)28-12-18(23)21-15-7-5-14(6-8-15)20(25)27-2/h3-11,22H,12H2,1-2H3,(H,21,23)/b10-4+. The summed E-state index contributed by atoms with van der Waals surface area (Å²) in [7, 11) is 2.69. The maximum atomic E-state index is 11.8. The average Bonchev–Trinajstić information content (AvgIpc) is 2.71. The molecule has 2 N–H and O–H groups in total. The number of rotatable bonds is 7. The van der Waals surface area contributed by atoms with Crippen molar-refractivity contribution in [3.63, 3.8) is 0 Å². The van der Waals surface area contributed by atoms with Gasteiger partial charge in [-0.25, -0.2) is 9.59 Å². The van der Waals surface area contributed by atoms with Crippen LogP contribution >= 0.6 is 0 Å². The molecule has 0 fully saturated rings. The highest BCUT2D eigenvalue weighted by molar-refractivity contribution is 5.95. The molecular weight excluding hydrogens is 366 g/mol. The monoisotopic (exact) mass is 385 g/mol. The van der Waals surface area contributed by atoms with Gasteiger partial charge >= 0.3 is 11.9 Å². The van der Waals surface area contributed by atoms with Crippen molar-refractivity contribution in [2.24, 2.45) is 0 Å². The number of phenolic OH excluding ortho intramolecular Hbond substituents is 1. The van der Waals surface area contributed by atoms with Gasteiger partial charge in [-0.3, -0.25) is 4.79 Å². The number of amides is 1. The van der Waals surface area contributed by atoms with Crippen LogP contribution in [0.1, 0.15) is 15.9 Å². The van der Waals surface area contributed by atoms with Gasteiger partial charge in [0.2, 0.25) is 0 Å². The third-order valence-corrected chi connectivity index (χ3v) is 3.55. The van der Waals surface area contributed by atoms with Gasteiger partial charge in [0, 0.05) is 11.8 Å². The number of hydrogen-bond acceptors (Lipinski definition) is 7. The van der Waals surface area contributed by atoms with Crippen LogP contribution in [-0.2, 0) is 19.1 Å². The van der Waals surface area contributed by atoms with E-state index in [0.717, 1.165) is 6.08 Å². The van der Waals surface area contributed by atoms with Gasteiger partial charge in [0.05, 0.1) is 19.8 Å². The fourth-order valence-electron chi connectivity index (χ4n) is 2.15. The minimum absolute atomic E-state index is 0.0153. The van der Waals surface area contributed by atoms with Crippen molar-refractivity contribution in [2.45, 2.75) is 0 Å². The van der Waals surface area contributed by atoms with Crippen molar-refractivity contribution < 1.29 is 33.7 Å². The molecule has 8 heteroatoms. The second-order valence-electron chi connectivity index (χ2n) is 5.49. The highest BCUT2D eigenvalue weighted by Gasteiger charge is 2.08. The zero-order valence-corrected chi connectivity index (χ0v) is 15.3. The van der Waals surface area contributed by atoms with Crippen LogP contribution in [0.2, 0.25) is 0 Å². The first kappa shape index (κ1) is 20.5. The SMILES string of the molecule is COC(=O)c1ccc(NC(=O)COC(=O)/C=C/c2ccc(O)c(OC)c2)cc1. The molecule has 0 unspecified atom stereocenters. The molecule has 1 amide bonds. The molecule has 0 atom stereocenters. The lowest BCUT2D eigenvalue weighted by Gasteiger charge is -2.06. The summed E-state index contributed by atoms with van der Waals surface area (Å²) in [6, 6.07) is 10.6. The molecule has 0 spiro atoms. The lowest BCUT2D eigenvalue weighted by molar-refractivity contribution is -0.142. The quantitative estimate of drug-likeness (QED) is 0.556. The van der Waals surface area contributed by atoms with Crippen LogP contribution in [0.3, 0.4) is 0 Å². The second-order valence-corrected chi connectivity index (χ2v) is 5.49. The smallest absolute Gasteiger partial charge is 0.337 e. The molecule has 0 saturated heterocycles.